The summed E-state index contributed by atoms with van der Waals surface area (Å²) in [7, 11) is 1.73. The Balaban J connectivity index is 2.01. The number of rotatable bonds is 6. The van der Waals surface area contributed by atoms with Crippen LogP contribution in [-0.2, 0) is 0 Å². The fourth-order valence-corrected chi connectivity index (χ4v) is 2.81. The SMILES string of the molecule is CCCNc1cccc(C(=O)N(C)CC2(O)CCCC2)n1. The van der Waals surface area contributed by atoms with Crippen molar-refractivity contribution in [2.75, 3.05) is 25.5 Å². The third kappa shape index (κ3) is 4.17. The van der Waals surface area contributed by atoms with Crippen LogP contribution in [0.3, 0.4) is 0 Å². The van der Waals surface area contributed by atoms with Crippen LogP contribution in [0.2, 0.25) is 0 Å². The third-order valence-electron chi connectivity index (χ3n) is 3.94. The van der Waals surface area contributed by atoms with Gasteiger partial charge in [0.25, 0.3) is 5.91 Å². The van der Waals surface area contributed by atoms with Crippen LogP contribution >= 0.6 is 0 Å². The molecule has 1 aromatic heterocycles. The molecule has 2 N–H and O–H groups in total. The van der Waals surface area contributed by atoms with Gasteiger partial charge in [-0.15, -0.1) is 0 Å². The number of carbonyl (C=O) groups is 1. The summed E-state index contributed by atoms with van der Waals surface area (Å²) >= 11 is 0. The molecule has 1 aliphatic rings. The van der Waals surface area contributed by atoms with E-state index in [4.69, 9.17) is 0 Å². The monoisotopic (exact) mass is 291 g/mol. The standard InChI is InChI=1S/C16H25N3O2/c1-3-11-17-14-8-6-7-13(18-14)15(20)19(2)12-16(21)9-4-5-10-16/h6-8,21H,3-5,9-12H2,1-2H3,(H,17,18). The topological polar surface area (TPSA) is 65.5 Å². The molecule has 1 saturated carbocycles. The molecule has 1 aliphatic carbocycles. The molecule has 5 nitrogen and oxygen atoms in total. The maximum atomic E-state index is 12.4. The fraction of sp³-hybridized carbons (Fsp3) is 0.625. The number of likely N-dealkylation sites (N-methyl/N-ethyl adjacent to an activating group) is 1. The summed E-state index contributed by atoms with van der Waals surface area (Å²) in [6, 6.07) is 5.40. The molecule has 1 amide bonds. The van der Waals surface area contributed by atoms with E-state index in [9.17, 15) is 9.90 Å². The number of anilines is 1. The Bertz CT molecular complexity index is 484. The van der Waals surface area contributed by atoms with Crippen LogP contribution in [0.4, 0.5) is 5.82 Å². The molecule has 0 aromatic carbocycles. The first kappa shape index (κ1) is 15.8. The van der Waals surface area contributed by atoms with Crippen molar-refractivity contribution in [3.8, 4) is 0 Å². The molecule has 5 heteroatoms. The van der Waals surface area contributed by atoms with Gasteiger partial charge in [-0.25, -0.2) is 4.98 Å². The maximum absolute atomic E-state index is 12.4. The minimum atomic E-state index is -0.720. The third-order valence-corrected chi connectivity index (χ3v) is 3.94. The van der Waals surface area contributed by atoms with Crippen molar-refractivity contribution in [2.24, 2.45) is 0 Å². The highest BCUT2D eigenvalue weighted by Crippen LogP contribution is 2.30. The zero-order valence-electron chi connectivity index (χ0n) is 12.9. The van der Waals surface area contributed by atoms with Crippen molar-refractivity contribution < 1.29 is 9.90 Å². The van der Waals surface area contributed by atoms with Gasteiger partial charge in [0.2, 0.25) is 0 Å². The minimum Gasteiger partial charge on any atom is -0.388 e. The molecule has 21 heavy (non-hydrogen) atoms. The van der Waals surface area contributed by atoms with Crippen LogP contribution in [0.5, 0.6) is 0 Å². The Morgan fingerprint density at radius 2 is 2.14 bits per heavy atom. The van der Waals surface area contributed by atoms with Crippen LogP contribution in [-0.4, -0.2) is 46.6 Å². The van der Waals surface area contributed by atoms with Gasteiger partial charge in [-0.3, -0.25) is 4.79 Å². The normalized spacial score (nSPS) is 16.7. The predicted octanol–water partition coefficient (Wildman–Crippen LogP) is 2.28. The second-order valence-corrected chi connectivity index (χ2v) is 5.93. The molecule has 0 atom stereocenters. The van der Waals surface area contributed by atoms with E-state index in [-0.39, 0.29) is 5.91 Å². The first-order chi connectivity index (χ1) is 10.0. The first-order valence-electron chi connectivity index (χ1n) is 7.73. The Morgan fingerprint density at radius 1 is 1.43 bits per heavy atom. The number of aromatic nitrogens is 1. The Morgan fingerprint density at radius 3 is 2.81 bits per heavy atom. The van der Waals surface area contributed by atoms with Gasteiger partial charge in [-0.1, -0.05) is 25.8 Å². The molecule has 0 unspecified atom stereocenters. The van der Waals surface area contributed by atoms with Gasteiger partial charge in [0.1, 0.15) is 11.5 Å². The van der Waals surface area contributed by atoms with Gasteiger partial charge in [0.05, 0.1) is 5.60 Å². The van der Waals surface area contributed by atoms with E-state index in [0.717, 1.165) is 44.5 Å². The van der Waals surface area contributed by atoms with Crippen molar-refractivity contribution in [3.63, 3.8) is 0 Å². The van der Waals surface area contributed by atoms with Gasteiger partial charge >= 0.3 is 0 Å². The summed E-state index contributed by atoms with van der Waals surface area (Å²) in [6.07, 6.45) is 4.62. The first-order valence-corrected chi connectivity index (χ1v) is 7.73. The Kier molecular flexibility index (Phi) is 5.17. The highest BCUT2D eigenvalue weighted by molar-refractivity contribution is 5.92. The molecule has 0 bridgehead atoms. The van der Waals surface area contributed by atoms with Crippen molar-refractivity contribution >= 4 is 11.7 Å². The van der Waals surface area contributed by atoms with Gasteiger partial charge < -0.3 is 15.3 Å². The highest BCUT2D eigenvalue weighted by Gasteiger charge is 2.33. The molecule has 0 radical (unpaired) electrons. The lowest BCUT2D eigenvalue weighted by Crippen LogP contribution is -2.42. The molecular weight excluding hydrogens is 266 g/mol. The molecule has 116 valence electrons. The van der Waals surface area contributed by atoms with Crippen LogP contribution in [0.1, 0.15) is 49.5 Å². The average molecular weight is 291 g/mol. The molecule has 0 aliphatic heterocycles. The van der Waals surface area contributed by atoms with E-state index in [1.165, 1.54) is 0 Å². The summed E-state index contributed by atoms with van der Waals surface area (Å²) in [4.78, 5) is 18.4. The highest BCUT2D eigenvalue weighted by atomic mass is 16.3. The number of carbonyl (C=O) groups excluding carboxylic acids is 1. The van der Waals surface area contributed by atoms with Crippen LogP contribution in [0.25, 0.3) is 0 Å². The second-order valence-electron chi connectivity index (χ2n) is 5.93. The van der Waals surface area contributed by atoms with Crippen molar-refractivity contribution in [3.05, 3.63) is 23.9 Å². The number of aliphatic hydroxyl groups is 1. The molecule has 2 rings (SSSR count). The Labute approximate surface area is 126 Å². The summed E-state index contributed by atoms with van der Waals surface area (Å²) in [5, 5.41) is 13.6. The summed E-state index contributed by atoms with van der Waals surface area (Å²) in [6.45, 7) is 3.29. The zero-order valence-corrected chi connectivity index (χ0v) is 12.9. The lowest BCUT2D eigenvalue weighted by Gasteiger charge is -2.28. The lowest BCUT2D eigenvalue weighted by atomic mass is 10.0. The number of amides is 1. The van der Waals surface area contributed by atoms with Gasteiger partial charge in [0.15, 0.2) is 0 Å². The van der Waals surface area contributed by atoms with Gasteiger partial charge in [-0.2, -0.15) is 0 Å². The van der Waals surface area contributed by atoms with E-state index in [1.54, 1.807) is 18.0 Å². The lowest BCUT2D eigenvalue weighted by molar-refractivity contribution is 0.0155. The quantitative estimate of drug-likeness (QED) is 0.844. The number of pyridine rings is 1. The maximum Gasteiger partial charge on any atom is 0.272 e. The van der Waals surface area contributed by atoms with Crippen LogP contribution in [0.15, 0.2) is 18.2 Å². The van der Waals surface area contributed by atoms with Crippen LogP contribution < -0.4 is 5.32 Å². The van der Waals surface area contributed by atoms with Crippen molar-refractivity contribution in [1.82, 2.24) is 9.88 Å². The van der Waals surface area contributed by atoms with E-state index < -0.39 is 5.60 Å². The number of hydrogen-bond donors (Lipinski definition) is 2. The molecule has 0 spiro atoms. The van der Waals surface area contributed by atoms with E-state index >= 15 is 0 Å². The van der Waals surface area contributed by atoms with Crippen LogP contribution in [0, 0.1) is 0 Å². The van der Waals surface area contributed by atoms with E-state index in [1.807, 2.05) is 12.1 Å². The van der Waals surface area contributed by atoms with Gasteiger partial charge in [0, 0.05) is 20.1 Å². The largest absolute Gasteiger partial charge is 0.388 e. The van der Waals surface area contributed by atoms with E-state index in [2.05, 4.69) is 17.2 Å². The predicted molar refractivity (Wildman–Crippen MR) is 83.4 cm³/mol. The number of nitrogens with zero attached hydrogens (tertiary/aromatic N) is 2. The molecular formula is C16H25N3O2. The van der Waals surface area contributed by atoms with Gasteiger partial charge in [-0.05, 0) is 31.4 Å². The molecule has 0 saturated heterocycles. The summed E-state index contributed by atoms with van der Waals surface area (Å²) in [5.41, 5.74) is -0.303. The van der Waals surface area contributed by atoms with E-state index in [0.29, 0.717) is 12.2 Å². The molecule has 1 aromatic rings. The minimum absolute atomic E-state index is 0.143. The number of hydrogen-bond acceptors (Lipinski definition) is 4. The van der Waals surface area contributed by atoms with Crippen molar-refractivity contribution in [1.29, 1.82) is 0 Å². The Hall–Kier alpha value is -1.62. The average Bonchev–Trinajstić information content (AvgIpc) is 2.90. The molecule has 1 heterocycles. The summed E-state index contributed by atoms with van der Waals surface area (Å²) < 4.78 is 0. The number of nitrogens with one attached hydrogen (secondary N) is 1. The van der Waals surface area contributed by atoms with Crippen molar-refractivity contribution in [2.45, 2.75) is 44.6 Å². The molecule has 1 fully saturated rings. The fourth-order valence-electron chi connectivity index (χ4n) is 2.81. The summed E-state index contributed by atoms with van der Waals surface area (Å²) in [5.74, 6) is 0.575. The zero-order chi connectivity index (χ0) is 15.3. The second kappa shape index (κ2) is 6.89. The smallest absolute Gasteiger partial charge is 0.272 e.